The molecular formula is C12H17N3O3S2. The predicted octanol–water partition coefficient (Wildman–Crippen LogP) is 1.59. The normalized spacial score (nSPS) is 19.7. The highest BCUT2D eigenvalue weighted by molar-refractivity contribution is 7.99. The van der Waals surface area contributed by atoms with Crippen molar-refractivity contribution in [1.29, 1.82) is 0 Å². The molecule has 0 bridgehead atoms. The number of carboxylic acid groups (broad SMARTS) is 1. The van der Waals surface area contributed by atoms with Gasteiger partial charge in [-0.1, -0.05) is 0 Å². The maximum Gasteiger partial charge on any atom is 0.327 e. The van der Waals surface area contributed by atoms with Crippen LogP contribution in [0, 0.1) is 0 Å². The molecule has 1 fully saturated rings. The lowest BCUT2D eigenvalue weighted by molar-refractivity contribution is -0.141. The molecule has 2 N–H and O–H groups in total. The first-order chi connectivity index (χ1) is 9.42. The molecule has 1 aromatic rings. The Balaban J connectivity index is 2.08. The van der Waals surface area contributed by atoms with Gasteiger partial charge in [0.2, 0.25) is 0 Å². The number of carboxylic acids is 1. The second-order valence-electron chi connectivity index (χ2n) is 5.01. The van der Waals surface area contributed by atoms with Crippen LogP contribution in [0.2, 0.25) is 0 Å². The minimum atomic E-state index is -0.959. The fraction of sp³-hybridized carbons (Fsp3) is 0.583. The molecule has 110 valence electrons. The number of hydrogen-bond donors (Lipinski definition) is 2. The number of aliphatic carboxylic acids is 1. The zero-order valence-corrected chi connectivity index (χ0v) is 13.0. The van der Waals surface area contributed by atoms with Crippen molar-refractivity contribution in [2.75, 3.05) is 18.1 Å². The smallest absolute Gasteiger partial charge is 0.327 e. The quantitative estimate of drug-likeness (QED) is 0.885. The molecule has 0 spiro atoms. The van der Waals surface area contributed by atoms with Crippen molar-refractivity contribution in [2.24, 2.45) is 0 Å². The minimum absolute atomic E-state index is 0.349. The molecule has 1 aliphatic heterocycles. The first-order valence-electron chi connectivity index (χ1n) is 6.21. The summed E-state index contributed by atoms with van der Waals surface area (Å²) in [5, 5.41) is 14.7. The van der Waals surface area contributed by atoms with Gasteiger partial charge < -0.3 is 15.3 Å². The lowest BCUT2D eigenvalue weighted by Crippen LogP contribution is -2.56. The van der Waals surface area contributed by atoms with Crippen LogP contribution in [0.5, 0.6) is 0 Å². The Labute approximate surface area is 125 Å². The number of rotatable bonds is 3. The number of amides is 2. The molecule has 2 rings (SSSR count). The summed E-state index contributed by atoms with van der Waals surface area (Å²) in [7, 11) is 0. The van der Waals surface area contributed by atoms with E-state index in [1.807, 2.05) is 19.2 Å². The summed E-state index contributed by atoms with van der Waals surface area (Å²) in [5.41, 5.74) is -0.612. The Bertz CT molecular complexity index is 490. The monoisotopic (exact) mass is 315 g/mol. The summed E-state index contributed by atoms with van der Waals surface area (Å²) in [6.07, 6.45) is 1.69. The molecule has 20 heavy (non-hydrogen) atoms. The largest absolute Gasteiger partial charge is 0.480 e. The van der Waals surface area contributed by atoms with Crippen molar-refractivity contribution in [3.05, 3.63) is 16.6 Å². The number of thiazole rings is 1. The highest BCUT2D eigenvalue weighted by atomic mass is 32.2. The second kappa shape index (κ2) is 6.01. The van der Waals surface area contributed by atoms with E-state index in [2.05, 4.69) is 10.3 Å². The predicted molar refractivity (Wildman–Crippen MR) is 79.1 cm³/mol. The molecule has 1 atom stereocenters. The van der Waals surface area contributed by atoms with Crippen LogP contribution in [-0.2, 0) is 10.3 Å². The van der Waals surface area contributed by atoms with Gasteiger partial charge in [-0.3, -0.25) is 0 Å². The van der Waals surface area contributed by atoms with E-state index in [9.17, 15) is 14.7 Å². The molecule has 2 heterocycles. The first kappa shape index (κ1) is 15.1. The molecule has 8 heteroatoms. The SMILES string of the molecule is CC(C)(NC(=O)N1CCSCC1C(=O)O)c1nccs1. The van der Waals surface area contributed by atoms with Gasteiger partial charge >= 0.3 is 12.0 Å². The van der Waals surface area contributed by atoms with Gasteiger partial charge in [0.1, 0.15) is 11.0 Å². The van der Waals surface area contributed by atoms with Crippen LogP contribution in [0.25, 0.3) is 0 Å². The van der Waals surface area contributed by atoms with E-state index in [1.165, 1.54) is 16.2 Å². The molecule has 0 saturated carbocycles. The third kappa shape index (κ3) is 3.24. The van der Waals surface area contributed by atoms with Gasteiger partial charge in [-0.2, -0.15) is 11.8 Å². The first-order valence-corrected chi connectivity index (χ1v) is 8.24. The summed E-state index contributed by atoms with van der Waals surface area (Å²) >= 11 is 3.02. The van der Waals surface area contributed by atoms with Gasteiger partial charge in [0.25, 0.3) is 0 Å². The maximum absolute atomic E-state index is 12.3. The van der Waals surface area contributed by atoms with Crippen LogP contribution in [0.3, 0.4) is 0 Å². The topological polar surface area (TPSA) is 82.5 Å². The van der Waals surface area contributed by atoms with Crippen molar-refractivity contribution in [2.45, 2.75) is 25.4 Å². The van der Waals surface area contributed by atoms with Gasteiger partial charge in [-0.25, -0.2) is 14.6 Å². The van der Waals surface area contributed by atoms with Crippen LogP contribution in [0.4, 0.5) is 4.79 Å². The second-order valence-corrected chi connectivity index (χ2v) is 7.06. The van der Waals surface area contributed by atoms with Crippen LogP contribution >= 0.6 is 23.1 Å². The lowest BCUT2D eigenvalue weighted by Gasteiger charge is -2.35. The average Bonchev–Trinajstić information content (AvgIpc) is 2.92. The number of carbonyl (C=O) groups is 2. The Morgan fingerprint density at radius 2 is 2.30 bits per heavy atom. The average molecular weight is 315 g/mol. The fourth-order valence-corrected chi connectivity index (χ4v) is 3.73. The van der Waals surface area contributed by atoms with E-state index in [1.54, 1.807) is 18.0 Å². The third-order valence-electron chi connectivity index (χ3n) is 3.06. The zero-order chi connectivity index (χ0) is 14.8. The lowest BCUT2D eigenvalue weighted by atomic mass is 10.1. The van der Waals surface area contributed by atoms with E-state index in [-0.39, 0.29) is 6.03 Å². The van der Waals surface area contributed by atoms with Crippen molar-refractivity contribution >= 4 is 35.1 Å². The van der Waals surface area contributed by atoms with Crippen LogP contribution < -0.4 is 5.32 Å². The molecule has 0 aliphatic carbocycles. The van der Waals surface area contributed by atoms with E-state index in [0.29, 0.717) is 12.3 Å². The molecule has 2 amide bonds. The van der Waals surface area contributed by atoms with E-state index < -0.39 is 17.6 Å². The van der Waals surface area contributed by atoms with Gasteiger partial charge in [-0.15, -0.1) is 11.3 Å². The molecule has 1 aliphatic rings. The summed E-state index contributed by atoms with van der Waals surface area (Å²) in [6, 6.07) is -1.11. The molecule has 1 saturated heterocycles. The standard InChI is InChI=1S/C12H17N3O3S2/c1-12(2,10-13-3-5-20-10)14-11(18)15-4-6-19-7-8(15)9(16)17/h3,5,8H,4,6-7H2,1-2H3,(H,14,18)(H,16,17). The van der Waals surface area contributed by atoms with Crippen molar-refractivity contribution < 1.29 is 14.7 Å². The number of nitrogens with one attached hydrogen (secondary N) is 1. The fourth-order valence-electron chi connectivity index (χ4n) is 1.98. The summed E-state index contributed by atoms with van der Waals surface area (Å²) < 4.78 is 0. The summed E-state index contributed by atoms with van der Waals surface area (Å²) in [6.45, 7) is 4.16. The van der Waals surface area contributed by atoms with E-state index >= 15 is 0 Å². The zero-order valence-electron chi connectivity index (χ0n) is 11.3. The van der Waals surface area contributed by atoms with Crippen LogP contribution in [-0.4, -0.2) is 51.1 Å². The van der Waals surface area contributed by atoms with E-state index in [0.717, 1.165) is 10.8 Å². The van der Waals surface area contributed by atoms with Gasteiger partial charge in [0.05, 0.1) is 5.54 Å². The Kier molecular flexibility index (Phi) is 4.54. The number of thioether (sulfide) groups is 1. The number of hydrogen-bond acceptors (Lipinski definition) is 5. The van der Waals surface area contributed by atoms with Gasteiger partial charge in [0, 0.05) is 29.6 Å². The van der Waals surface area contributed by atoms with Gasteiger partial charge in [0.15, 0.2) is 0 Å². The van der Waals surface area contributed by atoms with Crippen molar-refractivity contribution in [3.8, 4) is 0 Å². The molecule has 0 aromatic carbocycles. The number of carbonyl (C=O) groups excluding carboxylic acids is 1. The summed E-state index contributed by atoms with van der Waals surface area (Å²) in [4.78, 5) is 29.2. The highest BCUT2D eigenvalue weighted by Crippen LogP contribution is 2.23. The highest BCUT2D eigenvalue weighted by Gasteiger charge is 2.35. The molecular weight excluding hydrogens is 298 g/mol. The van der Waals surface area contributed by atoms with Crippen molar-refractivity contribution in [3.63, 3.8) is 0 Å². The van der Waals surface area contributed by atoms with Gasteiger partial charge in [-0.05, 0) is 13.8 Å². The van der Waals surface area contributed by atoms with Crippen molar-refractivity contribution in [1.82, 2.24) is 15.2 Å². The molecule has 0 radical (unpaired) electrons. The number of nitrogens with zero attached hydrogens (tertiary/aromatic N) is 2. The number of aromatic nitrogens is 1. The Morgan fingerprint density at radius 1 is 1.55 bits per heavy atom. The molecule has 6 nitrogen and oxygen atoms in total. The minimum Gasteiger partial charge on any atom is -0.480 e. The Morgan fingerprint density at radius 3 is 2.90 bits per heavy atom. The van der Waals surface area contributed by atoms with E-state index in [4.69, 9.17) is 0 Å². The molecule has 1 unspecified atom stereocenters. The number of urea groups is 1. The van der Waals surface area contributed by atoms with Crippen LogP contribution in [0.15, 0.2) is 11.6 Å². The Hall–Kier alpha value is -1.28. The maximum atomic E-state index is 12.3. The molecule has 1 aromatic heterocycles. The third-order valence-corrected chi connectivity index (χ3v) is 5.18. The summed E-state index contributed by atoms with van der Waals surface area (Å²) in [5.74, 6) is 0.231. The van der Waals surface area contributed by atoms with Crippen LogP contribution in [0.1, 0.15) is 18.9 Å².